The highest BCUT2D eigenvalue weighted by Crippen LogP contribution is 2.26. The van der Waals surface area contributed by atoms with Crippen molar-refractivity contribution < 1.29 is 4.79 Å². The summed E-state index contributed by atoms with van der Waals surface area (Å²) in [6.45, 7) is 17.0. The van der Waals surface area contributed by atoms with Crippen LogP contribution in [0.1, 0.15) is 65.9 Å². The van der Waals surface area contributed by atoms with Gasteiger partial charge in [0.1, 0.15) is 0 Å². The molecule has 0 fully saturated rings. The predicted octanol–water partition coefficient (Wildman–Crippen LogP) is 6.79. The molecule has 2 nitrogen and oxygen atoms in total. The zero-order valence-electron chi connectivity index (χ0n) is 17.8. The minimum absolute atomic E-state index is 0.209. The van der Waals surface area contributed by atoms with Crippen molar-refractivity contribution >= 4 is 28.4 Å². The number of aryl methyl sites for hydroxylation is 1. The summed E-state index contributed by atoms with van der Waals surface area (Å²) in [4.78, 5) is 14.3. The van der Waals surface area contributed by atoms with Crippen molar-refractivity contribution in [2.45, 2.75) is 66.7 Å². The lowest BCUT2D eigenvalue weighted by molar-refractivity contribution is -0.114. The molecule has 0 aliphatic heterocycles. The molecule has 0 saturated heterocycles. The number of carbonyl (C=O) groups excluding carboxylic acids is 1. The van der Waals surface area contributed by atoms with Gasteiger partial charge in [-0.05, 0) is 84.4 Å². The Morgan fingerprint density at radius 2 is 1.85 bits per heavy atom. The fraction of sp³-hybridized carbons (Fsp3) is 0.542. The number of benzene rings is 1. The quantitative estimate of drug-likeness (QED) is 0.256. The zero-order valence-corrected chi connectivity index (χ0v) is 19.9. The summed E-state index contributed by atoms with van der Waals surface area (Å²) in [5.41, 5.74) is 3.88. The van der Waals surface area contributed by atoms with Crippen LogP contribution < -0.4 is 0 Å². The van der Waals surface area contributed by atoms with Gasteiger partial charge in [-0.15, -0.1) is 0 Å². The van der Waals surface area contributed by atoms with E-state index in [2.05, 4.69) is 86.0 Å². The molecule has 0 aromatic heterocycles. The number of halogens is 1. The third-order valence-corrected chi connectivity index (χ3v) is 5.05. The maximum Gasteiger partial charge on any atom is 0.155 e. The molecule has 0 unspecified atom stereocenters. The molecule has 1 aromatic carbocycles. The number of ketones is 1. The van der Waals surface area contributed by atoms with Gasteiger partial charge in [-0.2, -0.15) is 0 Å². The number of nitrogens with zero attached hydrogens (tertiary/aromatic N) is 1. The van der Waals surface area contributed by atoms with E-state index in [4.69, 9.17) is 0 Å². The standard InChI is InChI=1S/C24H36INO/c1-7-9-23(27)16-19(2)18-26(20(3)17-24(4,5)6)15-8-10-21-11-13-22(25)14-12-21/h11-14,16H,3,7-10,15,17-18H2,1-2,4-6H3/b19-16+. The maximum absolute atomic E-state index is 11.9. The first kappa shape index (κ1) is 23.9. The number of hydrogen-bond acceptors (Lipinski definition) is 2. The molecule has 0 aliphatic rings. The molecule has 0 spiro atoms. The van der Waals surface area contributed by atoms with Gasteiger partial charge >= 0.3 is 0 Å². The fourth-order valence-corrected chi connectivity index (χ4v) is 3.50. The molecule has 1 rings (SSSR count). The largest absolute Gasteiger partial charge is 0.371 e. The van der Waals surface area contributed by atoms with Gasteiger partial charge in [-0.1, -0.05) is 52.0 Å². The number of carbonyl (C=O) groups is 1. The molecule has 0 amide bonds. The average Bonchev–Trinajstić information content (AvgIpc) is 2.54. The summed E-state index contributed by atoms with van der Waals surface area (Å²) in [5.74, 6) is 0.232. The lowest BCUT2D eigenvalue weighted by Crippen LogP contribution is -2.28. The van der Waals surface area contributed by atoms with Crippen molar-refractivity contribution in [3.8, 4) is 0 Å². The van der Waals surface area contributed by atoms with Gasteiger partial charge in [0.15, 0.2) is 5.78 Å². The van der Waals surface area contributed by atoms with Crippen LogP contribution in [0.5, 0.6) is 0 Å². The zero-order chi connectivity index (χ0) is 20.4. The van der Waals surface area contributed by atoms with Crippen molar-refractivity contribution in [2.24, 2.45) is 5.41 Å². The van der Waals surface area contributed by atoms with Gasteiger partial charge in [0.05, 0.1) is 0 Å². The molecular formula is C24H36INO. The third-order valence-electron chi connectivity index (χ3n) is 4.33. The van der Waals surface area contributed by atoms with Crippen LogP contribution in [-0.4, -0.2) is 23.8 Å². The van der Waals surface area contributed by atoms with E-state index in [1.54, 1.807) is 0 Å². The first-order valence-electron chi connectivity index (χ1n) is 9.98. The van der Waals surface area contributed by atoms with Crippen LogP contribution in [0.15, 0.2) is 48.2 Å². The summed E-state index contributed by atoms with van der Waals surface area (Å²) in [6.07, 6.45) is 6.46. The van der Waals surface area contributed by atoms with Crippen LogP contribution in [0.3, 0.4) is 0 Å². The Hall–Kier alpha value is -1.10. The molecule has 3 heteroatoms. The van der Waals surface area contributed by atoms with Crippen LogP contribution in [0, 0.1) is 8.99 Å². The van der Waals surface area contributed by atoms with E-state index < -0.39 is 0 Å². The summed E-state index contributed by atoms with van der Waals surface area (Å²) < 4.78 is 1.27. The van der Waals surface area contributed by atoms with Gasteiger partial charge < -0.3 is 4.90 Å². The minimum atomic E-state index is 0.209. The van der Waals surface area contributed by atoms with Crippen LogP contribution in [-0.2, 0) is 11.2 Å². The molecule has 0 saturated carbocycles. The molecule has 0 atom stereocenters. The fourth-order valence-electron chi connectivity index (χ4n) is 3.14. The topological polar surface area (TPSA) is 20.3 Å². The molecule has 0 N–H and O–H groups in total. The van der Waals surface area contributed by atoms with E-state index in [-0.39, 0.29) is 11.2 Å². The van der Waals surface area contributed by atoms with Crippen LogP contribution in [0.25, 0.3) is 0 Å². The normalized spacial score (nSPS) is 12.1. The lowest BCUT2D eigenvalue weighted by atomic mass is 9.90. The van der Waals surface area contributed by atoms with Crippen molar-refractivity contribution in [1.29, 1.82) is 0 Å². The van der Waals surface area contributed by atoms with Gasteiger partial charge in [0.25, 0.3) is 0 Å². The summed E-state index contributed by atoms with van der Waals surface area (Å²) >= 11 is 2.34. The second-order valence-corrected chi connectivity index (χ2v) is 9.91. The van der Waals surface area contributed by atoms with E-state index in [0.717, 1.165) is 44.3 Å². The van der Waals surface area contributed by atoms with E-state index in [1.807, 2.05) is 13.0 Å². The first-order chi connectivity index (χ1) is 12.6. The molecule has 0 radical (unpaired) electrons. The Labute approximate surface area is 180 Å². The minimum Gasteiger partial charge on any atom is -0.371 e. The second-order valence-electron chi connectivity index (χ2n) is 8.66. The van der Waals surface area contributed by atoms with Crippen molar-refractivity contribution in [3.63, 3.8) is 0 Å². The molecule has 27 heavy (non-hydrogen) atoms. The Morgan fingerprint density at radius 3 is 2.41 bits per heavy atom. The van der Waals surface area contributed by atoms with Crippen molar-refractivity contribution in [3.05, 3.63) is 57.3 Å². The molecule has 150 valence electrons. The highest BCUT2D eigenvalue weighted by atomic mass is 127. The summed E-state index contributed by atoms with van der Waals surface area (Å²) in [5, 5.41) is 0. The molecular weight excluding hydrogens is 445 g/mol. The van der Waals surface area contributed by atoms with Gasteiger partial charge in [0.2, 0.25) is 0 Å². The predicted molar refractivity (Wildman–Crippen MR) is 126 cm³/mol. The summed E-state index contributed by atoms with van der Waals surface area (Å²) in [7, 11) is 0. The average molecular weight is 481 g/mol. The SMILES string of the molecule is C=C(CC(C)(C)C)N(CCCc1ccc(I)cc1)C/C(C)=C/C(=O)CCC. The monoisotopic (exact) mass is 481 g/mol. The van der Waals surface area contributed by atoms with Crippen LogP contribution in [0.2, 0.25) is 0 Å². The van der Waals surface area contributed by atoms with E-state index >= 15 is 0 Å². The smallest absolute Gasteiger partial charge is 0.155 e. The third kappa shape index (κ3) is 10.7. The van der Waals surface area contributed by atoms with E-state index in [1.165, 1.54) is 14.8 Å². The Balaban J connectivity index is 2.73. The van der Waals surface area contributed by atoms with Crippen LogP contribution >= 0.6 is 22.6 Å². The highest BCUT2D eigenvalue weighted by Gasteiger charge is 2.17. The van der Waals surface area contributed by atoms with E-state index in [0.29, 0.717) is 6.42 Å². The Bertz CT molecular complexity index is 637. The number of allylic oxidation sites excluding steroid dienone is 2. The van der Waals surface area contributed by atoms with Crippen molar-refractivity contribution in [2.75, 3.05) is 13.1 Å². The van der Waals surface area contributed by atoms with Gasteiger partial charge in [0, 0.05) is 28.8 Å². The molecule has 1 aromatic rings. The van der Waals surface area contributed by atoms with E-state index in [9.17, 15) is 4.79 Å². The van der Waals surface area contributed by atoms with Gasteiger partial charge in [-0.3, -0.25) is 4.79 Å². The molecule has 0 bridgehead atoms. The van der Waals surface area contributed by atoms with Crippen LogP contribution in [0.4, 0.5) is 0 Å². The lowest BCUT2D eigenvalue weighted by Gasteiger charge is -2.31. The molecule has 0 aliphatic carbocycles. The van der Waals surface area contributed by atoms with Crippen molar-refractivity contribution in [1.82, 2.24) is 4.90 Å². The maximum atomic E-state index is 11.9. The highest BCUT2D eigenvalue weighted by molar-refractivity contribution is 14.1. The number of hydrogen-bond donors (Lipinski definition) is 0. The van der Waals surface area contributed by atoms with Gasteiger partial charge in [-0.25, -0.2) is 0 Å². The molecule has 0 heterocycles. The Kier molecular flexibility index (Phi) is 10.4. The Morgan fingerprint density at radius 1 is 1.22 bits per heavy atom. The number of rotatable bonds is 11. The first-order valence-corrected chi connectivity index (χ1v) is 11.1. The second kappa shape index (κ2) is 11.7. The summed E-state index contributed by atoms with van der Waals surface area (Å²) in [6, 6.07) is 8.76.